The van der Waals surface area contributed by atoms with Crippen LogP contribution in [0.3, 0.4) is 0 Å². The molecule has 3 nitrogen and oxygen atoms in total. The van der Waals surface area contributed by atoms with Crippen molar-refractivity contribution in [2.45, 2.75) is 6.42 Å². The maximum Gasteiger partial charge on any atom is 0.127 e. The summed E-state index contributed by atoms with van der Waals surface area (Å²) < 4.78 is 11.8. The molecule has 2 N–H and O–H groups in total. The zero-order valence-electron chi connectivity index (χ0n) is 7.68. The van der Waals surface area contributed by atoms with Gasteiger partial charge in [0.05, 0.1) is 6.67 Å². The zero-order valence-corrected chi connectivity index (χ0v) is 7.68. The lowest BCUT2D eigenvalue weighted by Crippen LogP contribution is -2.03. The Labute approximate surface area is 77.4 Å². The molecule has 0 bridgehead atoms. The van der Waals surface area contributed by atoms with Gasteiger partial charge in [-0.15, -0.1) is 0 Å². The third-order valence-corrected chi connectivity index (χ3v) is 1.66. The molecule has 4 heteroatoms. The number of hydrogen-bond acceptors (Lipinski definition) is 3. The molecular weight excluding hydrogens is 169 g/mol. The Morgan fingerprint density at radius 1 is 1.54 bits per heavy atom. The SMILES string of the molecule is CNc1cc(NCCCF)ccn1. The predicted molar refractivity (Wildman–Crippen MR) is 52.9 cm³/mol. The average molecular weight is 183 g/mol. The number of rotatable bonds is 5. The molecule has 1 aromatic rings. The highest BCUT2D eigenvalue weighted by atomic mass is 19.1. The molecule has 13 heavy (non-hydrogen) atoms. The first-order valence-corrected chi connectivity index (χ1v) is 4.30. The smallest absolute Gasteiger partial charge is 0.127 e. The molecule has 0 fully saturated rings. The van der Waals surface area contributed by atoms with E-state index in [1.807, 2.05) is 19.2 Å². The average Bonchev–Trinajstić information content (AvgIpc) is 2.19. The number of nitrogens with zero attached hydrogens (tertiary/aromatic N) is 1. The summed E-state index contributed by atoms with van der Waals surface area (Å²) in [7, 11) is 1.81. The fourth-order valence-corrected chi connectivity index (χ4v) is 0.977. The highest BCUT2D eigenvalue weighted by Crippen LogP contribution is 2.10. The van der Waals surface area contributed by atoms with E-state index in [-0.39, 0.29) is 6.67 Å². The minimum Gasteiger partial charge on any atom is -0.385 e. The molecule has 0 aliphatic rings. The molecule has 0 spiro atoms. The monoisotopic (exact) mass is 183 g/mol. The van der Waals surface area contributed by atoms with E-state index in [1.54, 1.807) is 6.20 Å². The molecule has 72 valence electrons. The van der Waals surface area contributed by atoms with Gasteiger partial charge in [0.25, 0.3) is 0 Å². The maximum absolute atomic E-state index is 11.8. The molecule has 1 rings (SSSR count). The van der Waals surface area contributed by atoms with Crippen molar-refractivity contribution in [3.05, 3.63) is 18.3 Å². The van der Waals surface area contributed by atoms with Gasteiger partial charge in [-0.05, 0) is 12.5 Å². The van der Waals surface area contributed by atoms with Crippen LogP contribution >= 0.6 is 0 Å². The summed E-state index contributed by atoms with van der Waals surface area (Å²) in [6.45, 7) is 0.376. The number of aromatic nitrogens is 1. The third-order valence-electron chi connectivity index (χ3n) is 1.66. The highest BCUT2D eigenvalue weighted by molar-refractivity contribution is 5.51. The summed E-state index contributed by atoms with van der Waals surface area (Å²) in [5, 5.41) is 6.03. The molecular formula is C9H14FN3. The summed E-state index contributed by atoms with van der Waals surface area (Å²) in [5.41, 5.74) is 0.966. The van der Waals surface area contributed by atoms with E-state index < -0.39 is 0 Å². The van der Waals surface area contributed by atoms with Crippen molar-refractivity contribution in [1.29, 1.82) is 0 Å². The number of anilines is 2. The first kappa shape index (κ1) is 9.77. The molecule has 0 saturated heterocycles. The van der Waals surface area contributed by atoms with Gasteiger partial charge in [0.2, 0.25) is 0 Å². The molecule has 0 aliphatic heterocycles. The minimum absolute atomic E-state index is 0.281. The molecule has 0 aliphatic carbocycles. The predicted octanol–water partition coefficient (Wildman–Crippen LogP) is 1.89. The minimum atomic E-state index is -0.281. The molecule has 1 aromatic heterocycles. The Balaban J connectivity index is 2.46. The van der Waals surface area contributed by atoms with Gasteiger partial charge in [-0.2, -0.15) is 0 Å². The summed E-state index contributed by atoms with van der Waals surface area (Å²) in [5.74, 6) is 0.810. The second-order valence-electron chi connectivity index (χ2n) is 2.65. The van der Waals surface area contributed by atoms with Crippen LogP contribution in [0, 0.1) is 0 Å². The third kappa shape index (κ3) is 3.27. The molecule has 0 amide bonds. The molecule has 0 unspecified atom stereocenters. The summed E-state index contributed by atoms with van der Waals surface area (Å²) in [4.78, 5) is 4.06. The van der Waals surface area contributed by atoms with E-state index in [2.05, 4.69) is 15.6 Å². The van der Waals surface area contributed by atoms with Crippen LogP contribution in [0.1, 0.15) is 6.42 Å². The van der Waals surface area contributed by atoms with Gasteiger partial charge in [-0.1, -0.05) is 0 Å². The van der Waals surface area contributed by atoms with Crippen molar-refractivity contribution < 1.29 is 4.39 Å². The van der Waals surface area contributed by atoms with Gasteiger partial charge in [0.15, 0.2) is 0 Å². The van der Waals surface area contributed by atoms with Crippen LogP contribution < -0.4 is 10.6 Å². The number of pyridine rings is 1. The van der Waals surface area contributed by atoms with Crippen LogP contribution in [0.2, 0.25) is 0 Å². The Morgan fingerprint density at radius 3 is 3.08 bits per heavy atom. The van der Waals surface area contributed by atoms with Crippen LogP contribution in [-0.4, -0.2) is 25.3 Å². The van der Waals surface area contributed by atoms with Crippen molar-refractivity contribution in [2.24, 2.45) is 0 Å². The van der Waals surface area contributed by atoms with Crippen LogP contribution in [-0.2, 0) is 0 Å². The standard InChI is InChI=1S/C9H14FN3/c1-11-9-7-8(3-6-13-9)12-5-2-4-10/h3,6-7H,2,4-5H2,1H3,(H2,11,12,13). The van der Waals surface area contributed by atoms with E-state index in [0.717, 1.165) is 11.5 Å². The lowest BCUT2D eigenvalue weighted by atomic mass is 10.3. The first-order chi connectivity index (χ1) is 6.36. The van der Waals surface area contributed by atoms with Crippen molar-refractivity contribution in [3.8, 4) is 0 Å². The first-order valence-electron chi connectivity index (χ1n) is 4.30. The Morgan fingerprint density at radius 2 is 2.38 bits per heavy atom. The van der Waals surface area contributed by atoms with Gasteiger partial charge in [-0.25, -0.2) is 4.98 Å². The second kappa shape index (κ2) is 5.35. The van der Waals surface area contributed by atoms with Crippen molar-refractivity contribution in [1.82, 2.24) is 4.98 Å². The van der Waals surface area contributed by atoms with E-state index in [1.165, 1.54) is 0 Å². The van der Waals surface area contributed by atoms with Crippen LogP contribution in [0.4, 0.5) is 15.9 Å². The van der Waals surface area contributed by atoms with Crippen LogP contribution in [0.25, 0.3) is 0 Å². The Kier molecular flexibility index (Phi) is 4.02. The molecule has 0 aromatic carbocycles. The number of alkyl halides is 1. The van der Waals surface area contributed by atoms with E-state index >= 15 is 0 Å². The van der Waals surface area contributed by atoms with E-state index in [4.69, 9.17) is 0 Å². The summed E-state index contributed by atoms with van der Waals surface area (Å²) in [6, 6.07) is 3.75. The highest BCUT2D eigenvalue weighted by Gasteiger charge is 1.93. The van der Waals surface area contributed by atoms with Gasteiger partial charge in [0.1, 0.15) is 5.82 Å². The topological polar surface area (TPSA) is 37.0 Å². The van der Waals surface area contributed by atoms with Crippen molar-refractivity contribution in [3.63, 3.8) is 0 Å². The normalized spacial score (nSPS) is 9.69. The maximum atomic E-state index is 11.8. The number of halogens is 1. The molecule has 0 saturated carbocycles. The Bertz CT molecular complexity index is 252. The summed E-state index contributed by atoms with van der Waals surface area (Å²) >= 11 is 0. The fraction of sp³-hybridized carbons (Fsp3) is 0.444. The van der Waals surface area contributed by atoms with E-state index in [0.29, 0.717) is 13.0 Å². The van der Waals surface area contributed by atoms with Crippen LogP contribution in [0.15, 0.2) is 18.3 Å². The van der Waals surface area contributed by atoms with Gasteiger partial charge < -0.3 is 10.6 Å². The van der Waals surface area contributed by atoms with Gasteiger partial charge >= 0.3 is 0 Å². The lowest BCUT2D eigenvalue weighted by Gasteiger charge is -2.05. The number of nitrogens with one attached hydrogen (secondary N) is 2. The Hall–Kier alpha value is -1.32. The summed E-state index contributed by atoms with van der Waals surface area (Å²) in [6.07, 6.45) is 2.25. The second-order valence-corrected chi connectivity index (χ2v) is 2.65. The lowest BCUT2D eigenvalue weighted by molar-refractivity contribution is 0.481. The molecule has 0 radical (unpaired) electrons. The fourth-order valence-electron chi connectivity index (χ4n) is 0.977. The quantitative estimate of drug-likeness (QED) is 0.684. The van der Waals surface area contributed by atoms with Gasteiger partial charge in [0, 0.05) is 31.5 Å². The van der Waals surface area contributed by atoms with Crippen molar-refractivity contribution >= 4 is 11.5 Å². The largest absolute Gasteiger partial charge is 0.385 e. The van der Waals surface area contributed by atoms with Crippen LogP contribution in [0.5, 0.6) is 0 Å². The van der Waals surface area contributed by atoms with E-state index in [9.17, 15) is 4.39 Å². The van der Waals surface area contributed by atoms with Crippen molar-refractivity contribution in [2.75, 3.05) is 30.9 Å². The number of hydrogen-bond donors (Lipinski definition) is 2. The zero-order chi connectivity index (χ0) is 9.52. The van der Waals surface area contributed by atoms with Gasteiger partial charge in [-0.3, -0.25) is 4.39 Å². The molecule has 0 atom stereocenters. The molecule has 1 heterocycles.